The molecule has 0 aliphatic rings. The molecule has 8 heteroatoms. The van der Waals surface area contributed by atoms with Gasteiger partial charge >= 0.3 is 5.97 Å². The molecule has 0 saturated heterocycles. The van der Waals surface area contributed by atoms with Crippen LogP contribution in [0.5, 0.6) is 0 Å². The van der Waals surface area contributed by atoms with E-state index in [9.17, 15) is 22.0 Å². The lowest BCUT2D eigenvalue weighted by molar-refractivity contribution is 0.0527. The fraction of sp³-hybridized carbons (Fsp3) is 0.235. The molecule has 0 aromatic heterocycles. The summed E-state index contributed by atoms with van der Waals surface area (Å²) < 4.78 is 56.8. The Morgan fingerprint density at radius 1 is 1.12 bits per heavy atom. The van der Waals surface area contributed by atoms with Crippen molar-refractivity contribution in [2.75, 3.05) is 17.2 Å². The molecule has 5 nitrogen and oxygen atoms in total. The first-order valence-corrected chi connectivity index (χ1v) is 9.26. The van der Waals surface area contributed by atoms with Crippen molar-refractivity contribution < 1.29 is 26.7 Å². The highest BCUT2D eigenvalue weighted by atomic mass is 32.2. The van der Waals surface area contributed by atoms with Crippen LogP contribution in [0.3, 0.4) is 0 Å². The van der Waals surface area contributed by atoms with Crippen LogP contribution in [0.2, 0.25) is 0 Å². The zero-order valence-corrected chi connectivity index (χ0v) is 14.5. The molecule has 2 aromatic rings. The molecule has 0 saturated carbocycles. The number of carbonyl (C=O) groups excluding carboxylic acids is 1. The van der Waals surface area contributed by atoms with E-state index in [0.717, 1.165) is 22.7 Å². The maximum absolute atomic E-state index is 13.4. The van der Waals surface area contributed by atoms with E-state index in [-0.39, 0.29) is 30.0 Å². The minimum atomic E-state index is -3.80. The average Bonchev–Trinajstić information content (AvgIpc) is 2.55. The monoisotopic (exact) mass is 369 g/mol. The lowest BCUT2D eigenvalue weighted by atomic mass is 10.1. The van der Waals surface area contributed by atoms with Gasteiger partial charge in [0.1, 0.15) is 0 Å². The van der Waals surface area contributed by atoms with E-state index in [1.54, 1.807) is 19.1 Å². The minimum Gasteiger partial charge on any atom is -0.462 e. The second-order valence-electron chi connectivity index (χ2n) is 5.26. The Morgan fingerprint density at radius 3 is 2.40 bits per heavy atom. The Balaban J connectivity index is 2.49. The normalized spacial score (nSPS) is 11.2. The third-order valence-corrected chi connectivity index (χ3v) is 4.51. The molecular formula is C17H17F2NO4S. The fourth-order valence-electron chi connectivity index (χ4n) is 2.26. The number of hydrogen-bond donors (Lipinski definition) is 0. The van der Waals surface area contributed by atoms with Crippen molar-refractivity contribution in [3.63, 3.8) is 0 Å². The van der Waals surface area contributed by atoms with Crippen LogP contribution in [0, 0.1) is 11.6 Å². The molecule has 0 amide bonds. The Labute approximate surface area is 144 Å². The zero-order chi connectivity index (χ0) is 18.6. The Morgan fingerprint density at radius 2 is 1.80 bits per heavy atom. The van der Waals surface area contributed by atoms with E-state index in [2.05, 4.69) is 0 Å². The van der Waals surface area contributed by atoms with Crippen molar-refractivity contribution in [3.8, 4) is 0 Å². The SMILES string of the molecule is CCOC(=O)c1ccccc1N(Cc1ccc(F)c(F)c1)S(C)(=O)=O. The van der Waals surface area contributed by atoms with Gasteiger partial charge in [-0.25, -0.2) is 22.0 Å². The number of hydrogen-bond acceptors (Lipinski definition) is 4. The highest BCUT2D eigenvalue weighted by molar-refractivity contribution is 7.92. The Kier molecular flexibility index (Phi) is 5.73. The zero-order valence-electron chi connectivity index (χ0n) is 13.7. The molecule has 0 unspecified atom stereocenters. The molecular weight excluding hydrogens is 352 g/mol. The molecule has 0 fully saturated rings. The van der Waals surface area contributed by atoms with Gasteiger partial charge in [-0.3, -0.25) is 4.31 Å². The van der Waals surface area contributed by atoms with Crippen molar-refractivity contribution in [2.45, 2.75) is 13.5 Å². The second kappa shape index (κ2) is 7.60. The number of halogens is 2. The maximum Gasteiger partial charge on any atom is 0.340 e. The fourth-order valence-corrected chi connectivity index (χ4v) is 3.16. The van der Waals surface area contributed by atoms with Crippen molar-refractivity contribution in [1.82, 2.24) is 0 Å². The first-order valence-electron chi connectivity index (χ1n) is 7.41. The molecule has 25 heavy (non-hydrogen) atoms. The number of sulfonamides is 1. The van der Waals surface area contributed by atoms with E-state index in [1.165, 1.54) is 18.2 Å². The average molecular weight is 369 g/mol. The summed E-state index contributed by atoms with van der Waals surface area (Å²) in [5.41, 5.74) is 0.411. The first-order chi connectivity index (χ1) is 11.7. The number of rotatable bonds is 6. The summed E-state index contributed by atoms with van der Waals surface area (Å²) in [5, 5.41) is 0. The number of anilines is 1. The van der Waals surface area contributed by atoms with Gasteiger partial charge < -0.3 is 4.74 Å². The van der Waals surface area contributed by atoms with Crippen molar-refractivity contribution in [2.24, 2.45) is 0 Å². The van der Waals surface area contributed by atoms with Gasteiger partial charge in [0.05, 0.1) is 30.7 Å². The van der Waals surface area contributed by atoms with Gasteiger partial charge in [-0.2, -0.15) is 0 Å². The third kappa shape index (κ3) is 4.54. The summed E-state index contributed by atoms with van der Waals surface area (Å²) in [6, 6.07) is 9.16. The topological polar surface area (TPSA) is 63.7 Å². The van der Waals surface area contributed by atoms with E-state index in [0.29, 0.717) is 0 Å². The standard InChI is InChI=1S/C17H17F2NO4S/c1-3-24-17(21)13-6-4-5-7-16(13)20(25(2,22)23)11-12-8-9-14(18)15(19)10-12/h4-10H,3,11H2,1-2H3. The van der Waals surface area contributed by atoms with E-state index >= 15 is 0 Å². The van der Waals surface area contributed by atoms with Crippen molar-refractivity contribution >= 4 is 21.7 Å². The summed E-state index contributed by atoms with van der Waals surface area (Å²) in [6.45, 7) is 1.51. The molecule has 0 N–H and O–H groups in total. The largest absolute Gasteiger partial charge is 0.462 e. The molecule has 0 radical (unpaired) electrons. The van der Waals surface area contributed by atoms with Crippen LogP contribution >= 0.6 is 0 Å². The number of para-hydroxylation sites is 1. The Bertz CT molecular complexity index is 884. The lowest BCUT2D eigenvalue weighted by Crippen LogP contribution is -2.31. The van der Waals surface area contributed by atoms with Gasteiger partial charge in [0, 0.05) is 0 Å². The molecule has 0 aliphatic carbocycles. The highest BCUT2D eigenvalue weighted by Gasteiger charge is 2.24. The molecule has 2 rings (SSSR count). The number of carbonyl (C=O) groups is 1. The minimum absolute atomic E-state index is 0.0670. The van der Waals surface area contributed by atoms with Crippen molar-refractivity contribution in [3.05, 3.63) is 65.2 Å². The smallest absolute Gasteiger partial charge is 0.340 e. The van der Waals surface area contributed by atoms with E-state index < -0.39 is 27.6 Å². The molecule has 0 atom stereocenters. The predicted octanol–water partition coefficient (Wildman–Crippen LogP) is 3.11. The van der Waals surface area contributed by atoms with Crippen LogP contribution in [0.4, 0.5) is 14.5 Å². The van der Waals surface area contributed by atoms with Gasteiger partial charge in [0.25, 0.3) is 0 Å². The number of ether oxygens (including phenoxy) is 1. The molecule has 0 spiro atoms. The molecule has 0 aliphatic heterocycles. The summed E-state index contributed by atoms with van der Waals surface area (Å²) in [7, 11) is -3.80. The van der Waals surface area contributed by atoms with Crippen LogP contribution in [0.25, 0.3) is 0 Å². The van der Waals surface area contributed by atoms with Crippen LogP contribution in [0.15, 0.2) is 42.5 Å². The summed E-state index contributed by atoms with van der Waals surface area (Å²) in [5.74, 6) is -2.77. The maximum atomic E-state index is 13.4. The van der Waals surface area contributed by atoms with E-state index in [4.69, 9.17) is 4.74 Å². The van der Waals surface area contributed by atoms with Crippen molar-refractivity contribution in [1.29, 1.82) is 0 Å². The lowest BCUT2D eigenvalue weighted by Gasteiger charge is -2.24. The number of nitrogens with zero attached hydrogens (tertiary/aromatic N) is 1. The van der Waals surface area contributed by atoms with Crippen LogP contribution in [0.1, 0.15) is 22.8 Å². The van der Waals surface area contributed by atoms with Gasteiger partial charge in [0.2, 0.25) is 10.0 Å². The van der Waals surface area contributed by atoms with Crippen LogP contribution in [-0.4, -0.2) is 27.2 Å². The first kappa shape index (κ1) is 18.9. The van der Waals surface area contributed by atoms with Gasteiger partial charge in [0.15, 0.2) is 11.6 Å². The third-order valence-electron chi connectivity index (χ3n) is 3.38. The molecule has 134 valence electrons. The highest BCUT2D eigenvalue weighted by Crippen LogP contribution is 2.26. The quantitative estimate of drug-likeness (QED) is 0.734. The summed E-state index contributed by atoms with van der Waals surface area (Å²) in [6.07, 6.45) is 0.967. The number of benzene rings is 2. The van der Waals surface area contributed by atoms with Gasteiger partial charge in [-0.05, 0) is 36.8 Å². The summed E-state index contributed by atoms with van der Waals surface area (Å²) in [4.78, 5) is 12.1. The molecule has 2 aromatic carbocycles. The molecule has 0 heterocycles. The number of esters is 1. The van der Waals surface area contributed by atoms with Crippen LogP contribution < -0.4 is 4.31 Å². The van der Waals surface area contributed by atoms with Gasteiger partial charge in [-0.1, -0.05) is 18.2 Å². The molecule has 0 bridgehead atoms. The summed E-state index contributed by atoms with van der Waals surface area (Å²) >= 11 is 0. The van der Waals surface area contributed by atoms with Crippen LogP contribution in [-0.2, 0) is 21.3 Å². The van der Waals surface area contributed by atoms with Gasteiger partial charge in [-0.15, -0.1) is 0 Å². The second-order valence-corrected chi connectivity index (χ2v) is 7.16. The van der Waals surface area contributed by atoms with E-state index in [1.807, 2.05) is 0 Å². The predicted molar refractivity (Wildman–Crippen MR) is 89.8 cm³/mol. The Hall–Kier alpha value is -2.48.